The molecule has 4 heteroatoms. The molecule has 0 fully saturated rings. The monoisotopic (exact) mass is 307 g/mol. The van der Waals surface area contributed by atoms with E-state index < -0.39 is 0 Å². The highest BCUT2D eigenvalue weighted by Gasteiger charge is 2.11. The van der Waals surface area contributed by atoms with E-state index in [1.807, 2.05) is 0 Å². The summed E-state index contributed by atoms with van der Waals surface area (Å²) < 4.78 is 13.7. The molecule has 1 N–H and O–H groups in total. The van der Waals surface area contributed by atoms with Crippen LogP contribution in [0.1, 0.15) is 30.1 Å². The first kappa shape index (κ1) is 15.8. The van der Waals surface area contributed by atoms with E-state index in [-0.39, 0.29) is 11.7 Å². The molecule has 1 amide bonds. The molecule has 2 nitrogen and oxygen atoms in total. The number of hydrogen-bond donors (Lipinski definition) is 1. The summed E-state index contributed by atoms with van der Waals surface area (Å²) in [6.45, 7) is 2.69. The average molecular weight is 308 g/mol. The van der Waals surface area contributed by atoms with Crippen molar-refractivity contribution in [3.8, 4) is 0 Å². The summed E-state index contributed by atoms with van der Waals surface area (Å²) in [6, 6.07) is 9.90. The lowest BCUT2D eigenvalue weighted by molar-refractivity contribution is 0.0954. The largest absolute Gasteiger partial charge is 0.352 e. The molecular weight excluding hydrogens is 289 g/mol. The number of amides is 1. The van der Waals surface area contributed by atoms with E-state index in [9.17, 15) is 9.18 Å². The van der Waals surface area contributed by atoms with Crippen LogP contribution >= 0.6 is 11.6 Å². The number of rotatable bonds is 6. The highest BCUT2D eigenvalue weighted by molar-refractivity contribution is 6.18. The lowest BCUT2D eigenvalue weighted by Gasteiger charge is -2.10. The molecule has 0 spiro atoms. The third kappa shape index (κ3) is 3.94. The Labute approximate surface area is 129 Å². The zero-order valence-corrected chi connectivity index (χ0v) is 12.8. The molecule has 1 unspecified atom stereocenters. The van der Waals surface area contributed by atoms with Crippen LogP contribution in [0.5, 0.6) is 0 Å². The Morgan fingerprint density at radius 1 is 1.24 bits per heavy atom. The van der Waals surface area contributed by atoms with Crippen LogP contribution in [0.3, 0.4) is 0 Å². The first-order chi connectivity index (χ1) is 10.1. The Morgan fingerprint density at radius 2 is 1.95 bits per heavy atom. The van der Waals surface area contributed by atoms with Gasteiger partial charge in [-0.3, -0.25) is 4.79 Å². The van der Waals surface area contributed by atoms with Gasteiger partial charge in [-0.1, -0.05) is 31.2 Å². The van der Waals surface area contributed by atoms with Crippen LogP contribution in [-0.4, -0.2) is 18.3 Å². The fraction of sp³-hybridized carbons (Fsp3) is 0.353. The predicted octanol–water partition coefficient (Wildman–Crippen LogP) is 4.36. The van der Waals surface area contributed by atoms with E-state index in [1.165, 1.54) is 12.1 Å². The lowest BCUT2D eigenvalue weighted by Crippen LogP contribution is -2.25. The van der Waals surface area contributed by atoms with Gasteiger partial charge in [0.2, 0.25) is 0 Å². The average Bonchev–Trinajstić information content (AvgIpc) is 2.51. The van der Waals surface area contributed by atoms with Gasteiger partial charge in [-0.25, -0.2) is 4.39 Å². The molecule has 2 rings (SSSR count). The summed E-state index contributed by atoms with van der Waals surface area (Å²) in [6.07, 6.45) is 1.87. The molecule has 0 saturated heterocycles. The van der Waals surface area contributed by atoms with E-state index in [4.69, 9.17) is 11.6 Å². The zero-order chi connectivity index (χ0) is 15.2. The Bertz CT molecular complexity index is 629. The molecule has 21 heavy (non-hydrogen) atoms. The van der Waals surface area contributed by atoms with Crippen LogP contribution in [0.2, 0.25) is 0 Å². The number of benzene rings is 2. The number of nitrogens with one attached hydrogen (secondary N) is 1. The van der Waals surface area contributed by atoms with Crippen molar-refractivity contribution in [2.24, 2.45) is 5.92 Å². The zero-order valence-electron chi connectivity index (χ0n) is 12.0. The minimum absolute atomic E-state index is 0.162. The predicted molar refractivity (Wildman–Crippen MR) is 85.4 cm³/mol. The van der Waals surface area contributed by atoms with Crippen molar-refractivity contribution in [3.63, 3.8) is 0 Å². The van der Waals surface area contributed by atoms with E-state index in [0.29, 0.717) is 34.7 Å². The van der Waals surface area contributed by atoms with Crippen molar-refractivity contribution < 1.29 is 9.18 Å². The molecule has 0 bridgehead atoms. The van der Waals surface area contributed by atoms with E-state index in [1.54, 1.807) is 24.3 Å². The van der Waals surface area contributed by atoms with Crippen molar-refractivity contribution in [1.29, 1.82) is 0 Å². The lowest BCUT2D eigenvalue weighted by atomic mass is 10.0. The summed E-state index contributed by atoms with van der Waals surface area (Å²) in [7, 11) is 0. The second-order valence-corrected chi connectivity index (χ2v) is 5.61. The number of alkyl halides is 1. The van der Waals surface area contributed by atoms with E-state index >= 15 is 0 Å². The smallest absolute Gasteiger partial charge is 0.251 e. The van der Waals surface area contributed by atoms with Gasteiger partial charge in [0.1, 0.15) is 5.82 Å². The Hall–Kier alpha value is -1.61. The summed E-state index contributed by atoms with van der Waals surface area (Å²) in [5, 5.41) is 4.00. The van der Waals surface area contributed by atoms with Crippen LogP contribution in [0.25, 0.3) is 10.8 Å². The first-order valence-electron chi connectivity index (χ1n) is 7.15. The summed E-state index contributed by atoms with van der Waals surface area (Å²) in [4.78, 5) is 12.2. The summed E-state index contributed by atoms with van der Waals surface area (Å²) >= 11 is 5.75. The van der Waals surface area contributed by atoms with Crippen molar-refractivity contribution >= 4 is 28.3 Å². The SMILES string of the molecule is CC(CCl)CCCNC(=O)c1ccc(F)c2ccccc12. The highest BCUT2D eigenvalue weighted by atomic mass is 35.5. The van der Waals surface area contributed by atoms with Crippen molar-refractivity contribution in [2.45, 2.75) is 19.8 Å². The number of carbonyl (C=O) groups excluding carboxylic acids is 1. The van der Waals surface area contributed by atoms with Crippen molar-refractivity contribution in [2.75, 3.05) is 12.4 Å². The van der Waals surface area contributed by atoms with E-state index in [2.05, 4.69) is 12.2 Å². The molecule has 0 aliphatic carbocycles. The molecule has 0 aromatic heterocycles. The topological polar surface area (TPSA) is 29.1 Å². The third-order valence-corrected chi connectivity index (χ3v) is 4.06. The Morgan fingerprint density at radius 3 is 2.67 bits per heavy atom. The van der Waals surface area contributed by atoms with Gasteiger partial charge in [0.25, 0.3) is 5.91 Å². The minimum atomic E-state index is -0.307. The van der Waals surface area contributed by atoms with Crippen LogP contribution in [-0.2, 0) is 0 Å². The fourth-order valence-electron chi connectivity index (χ4n) is 2.29. The van der Waals surface area contributed by atoms with Crippen molar-refractivity contribution in [3.05, 3.63) is 47.8 Å². The van der Waals surface area contributed by atoms with E-state index in [0.717, 1.165) is 12.8 Å². The van der Waals surface area contributed by atoms with Gasteiger partial charge in [-0.15, -0.1) is 11.6 Å². The van der Waals surface area contributed by atoms with Crippen molar-refractivity contribution in [1.82, 2.24) is 5.32 Å². The normalized spacial score (nSPS) is 12.3. The molecule has 0 radical (unpaired) electrons. The Kier molecular flexibility index (Phi) is 5.57. The molecule has 0 heterocycles. The first-order valence-corrected chi connectivity index (χ1v) is 7.68. The van der Waals surface area contributed by atoms with Gasteiger partial charge >= 0.3 is 0 Å². The maximum Gasteiger partial charge on any atom is 0.251 e. The molecule has 1 atom stereocenters. The molecule has 112 valence electrons. The molecule has 2 aromatic rings. The second-order valence-electron chi connectivity index (χ2n) is 5.30. The van der Waals surface area contributed by atoms with Gasteiger partial charge in [-0.2, -0.15) is 0 Å². The third-order valence-electron chi connectivity index (χ3n) is 3.54. The minimum Gasteiger partial charge on any atom is -0.352 e. The summed E-state index contributed by atoms with van der Waals surface area (Å²) in [5.74, 6) is 0.620. The van der Waals surface area contributed by atoms with Crippen LogP contribution in [0, 0.1) is 11.7 Å². The second kappa shape index (κ2) is 7.41. The number of hydrogen-bond acceptors (Lipinski definition) is 1. The van der Waals surface area contributed by atoms with Gasteiger partial charge in [-0.05, 0) is 36.3 Å². The number of carbonyl (C=O) groups is 1. The highest BCUT2D eigenvalue weighted by Crippen LogP contribution is 2.21. The molecule has 0 saturated carbocycles. The van der Waals surface area contributed by atoms with Crippen LogP contribution in [0.4, 0.5) is 4.39 Å². The number of fused-ring (bicyclic) bond motifs is 1. The summed E-state index contributed by atoms with van der Waals surface area (Å²) in [5.41, 5.74) is 0.511. The maximum absolute atomic E-state index is 13.7. The fourth-order valence-corrected chi connectivity index (χ4v) is 2.44. The quantitative estimate of drug-likeness (QED) is 0.623. The maximum atomic E-state index is 13.7. The molecule has 0 aliphatic heterocycles. The molecule has 0 aliphatic rings. The van der Waals surface area contributed by atoms with Gasteiger partial charge in [0.15, 0.2) is 0 Å². The molecule has 2 aromatic carbocycles. The van der Waals surface area contributed by atoms with Gasteiger partial charge in [0, 0.05) is 23.4 Å². The molecular formula is C17H19ClFNO. The van der Waals surface area contributed by atoms with Crippen LogP contribution < -0.4 is 5.32 Å². The van der Waals surface area contributed by atoms with Gasteiger partial charge in [0.05, 0.1) is 0 Å². The van der Waals surface area contributed by atoms with Crippen LogP contribution in [0.15, 0.2) is 36.4 Å². The number of halogens is 2. The van der Waals surface area contributed by atoms with Gasteiger partial charge < -0.3 is 5.32 Å². The Balaban J connectivity index is 2.05. The standard InChI is InChI=1S/C17H19ClFNO/c1-12(11-18)5-4-10-20-17(21)15-8-9-16(19)14-7-3-2-6-13(14)15/h2-3,6-9,12H,4-5,10-11H2,1H3,(H,20,21).